The van der Waals surface area contributed by atoms with Crippen LogP contribution in [-0.2, 0) is 15.8 Å². The number of Topliss-reactive ketones (excluding diaryl/α,β-unsaturated/α-hetero) is 2. The zero-order valence-corrected chi connectivity index (χ0v) is 14.0. The second-order valence-corrected chi connectivity index (χ2v) is 6.84. The van der Waals surface area contributed by atoms with Gasteiger partial charge < -0.3 is 0 Å². The third-order valence-electron chi connectivity index (χ3n) is 5.49. The Morgan fingerprint density at radius 2 is 1.88 bits per heavy atom. The molecule has 25 heavy (non-hydrogen) atoms. The van der Waals surface area contributed by atoms with E-state index >= 15 is 0 Å². The number of hydrogen-bond acceptors (Lipinski definition) is 2. The fourth-order valence-corrected chi connectivity index (χ4v) is 4.36. The molecule has 0 aliphatic heterocycles. The van der Waals surface area contributed by atoms with Gasteiger partial charge in [0.15, 0.2) is 0 Å². The average Bonchev–Trinajstić information content (AvgIpc) is 3.23. The van der Waals surface area contributed by atoms with Crippen LogP contribution in [0, 0.1) is 23.2 Å². The van der Waals surface area contributed by atoms with Crippen LogP contribution in [0.4, 0.5) is 13.2 Å². The molecular formula is C20H19F3O2. The van der Waals surface area contributed by atoms with E-state index in [2.05, 4.69) is 0 Å². The Hall–Kier alpha value is -2.17. The van der Waals surface area contributed by atoms with Gasteiger partial charge in [0, 0.05) is 0 Å². The number of fused-ring (bicyclic) bond motifs is 1. The Kier molecular flexibility index (Phi) is 4.21. The number of hydrogen-bond donors (Lipinski definition) is 0. The number of rotatable bonds is 4. The standard InChI is InChI=1S/C20H19F3O2/c1-12(24)19(13(2)25)17-8-4-6-15(18(17)19)10-9-14-5-3-7-16(11-14)20(21,22)23/h3-7,9-11,15,17-18H,8H2,1-2H3/b10-9+/t15-,17-,18+/m1/s1. The van der Waals surface area contributed by atoms with Crippen molar-refractivity contribution in [1.82, 2.24) is 0 Å². The molecule has 2 aliphatic rings. The molecule has 1 saturated carbocycles. The van der Waals surface area contributed by atoms with E-state index in [0.717, 1.165) is 12.1 Å². The topological polar surface area (TPSA) is 34.1 Å². The fourth-order valence-electron chi connectivity index (χ4n) is 4.36. The van der Waals surface area contributed by atoms with E-state index in [1.165, 1.54) is 19.9 Å². The highest BCUT2D eigenvalue weighted by atomic mass is 19.4. The van der Waals surface area contributed by atoms with E-state index in [9.17, 15) is 22.8 Å². The molecule has 1 fully saturated rings. The Balaban J connectivity index is 1.85. The molecule has 132 valence electrons. The predicted octanol–water partition coefficient (Wildman–Crippen LogP) is 4.71. The minimum absolute atomic E-state index is 0.00339. The smallest absolute Gasteiger partial charge is 0.299 e. The van der Waals surface area contributed by atoms with Crippen molar-refractivity contribution < 1.29 is 22.8 Å². The number of halogens is 3. The molecule has 0 heterocycles. The summed E-state index contributed by atoms with van der Waals surface area (Å²) in [5.74, 6) is -0.438. The van der Waals surface area contributed by atoms with Gasteiger partial charge in [-0.3, -0.25) is 9.59 Å². The van der Waals surface area contributed by atoms with Gasteiger partial charge in [-0.1, -0.05) is 36.4 Å². The van der Waals surface area contributed by atoms with Gasteiger partial charge >= 0.3 is 6.18 Å². The molecule has 1 aromatic rings. The van der Waals surface area contributed by atoms with Gasteiger partial charge in [0.25, 0.3) is 0 Å². The number of benzene rings is 1. The zero-order valence-electron chi connectivity index (χ0n) is 14.0. The van der Waals surface area contributed by atoms with E-state index in [-0.39, 0.29) is 29.3 Å². The van der Waals surface area contributed by atoms with Crippen molar-refractivity contribution in [1.29, 1.82) is 0 Å². The molecule has 0 radical (unpaired) electrons. The summed E-state index contributed by atoms with van der Waals surface area (Å²) in [6, 6.07) is 5.10. The maximum atomic E-state index is 12.8. The van der Waals surface area contributed by atoms with Gasteiger partial charge in [0.05, 0.1) is 11.0 Å². The van der Waals surface area contributed by atoms with E-state index in [1.54, 1.807) is 18.2 Å². The Bertz CT molecular complexity index is 759. The molecule has 3 rings (SSSR count). The number of carbonyl (C=O) groups is 2. The lowest BCUT2D eigenvalue weighted by molar-refractivity contribution is -0.137. The van der Waals surface area contributed by atoms with Gasteiger partial charge in [0.1, 0.15) is 11.6 Å². The number of carbonyl (C=O) groups excluding carboxylic acids is 2. The molecule has 0 saturated heterocycles. The second kappa shape index (κ2) is 5.97. The first-order valence-corrected chi connectivity index (χ1v) is 8.23. The highest BCUT2D eigenvalue weighted by Crippen LogP contribution is 2.67. The van der Waals surface area contributed by atoms with E-state index in [1.807, 2.05) is 12.2 Å². The van der Waals surface area contributed by atoms with Crippen molar-refractivity contribution in [3.05, 3.63) is 53.6 Å². The first kappa shape index (κ1) is 17.6. The third kappa shape index (κ3) is 2.86. The van der Waals surface area contributed by atoms with Crippen LogP contribution < -0.4 is 0 Å². The van der Waals surface area contributed by atoms with Gasteiger partial charge in [-0.25, -0.2) is 0 Å². The fraction of sp³-hybridized carbons (Fsp3) is 0.400. The van der Waals surface area contributed by atoms with Gasteiger partial charge in [-0.05, 0) is 55.7 Å². The highest BCUT2D eigenvalue weighted by molar-refractivity contribution is 6.09. The van der Waals surface area contributed by atoms with Crippen molar-refractivity contribution in [2.45, 2.75) is 26.4 Å². The van der Waals surface area contributed by atoms with E-state index < -0.39 is 17.2 Å². The summed E-state index contributed by atoms with van der Waals surface area (Å²) in [6.45, 7) is 2.90. The summed E-state index contributed by atoms with van der Waals surface area (Å²) >= 11 is 0. The molecule has 1 aromatic carbocycles. The lowest BCUT2D eigenvalue weighted by Crippen LogP contribution is -2.26. The molecule has 2 aliphatic carbocycles. The van der Waals surface area contributed by atoms with Gasteiger partial charge in [0.2, 0.25) is 0 Å². The summed E-state index contributed by atoms with van der Waals surface area (Å²) in [6.07, 6.45) is 3.65. The summed E-state index contributed by atoms with van der Waals surface area (Å²) in [5.41, 5.74) is -1.17. The third-order valence-corrected chi connectivity index (χ3v) is 5.49. The highest BCUT2D eigenvalue weighted by Gasteiger charge is 2.72. The molecule has 0 N–H and O–H groups in total. The molecule has 0 spiro atoms. The van der Waals surface area contributed by atoms with Crippen molar-refractivity contribution in [2.75, 3.05) is 0 Å². The second-order valence-electron chi connectivity index (χ2n) is 6.84. The molecule has 0 unspecified atom stereocenters. The van der Waals surface area contributed by atoms with Crippen LogP contribution in [0.5, 0.6) is 0 Å². The maximum Gasteiger partial charge on any atom is 0.416 e. The SMILES string of the molecule is CC(=O)C1(C(C)=O)[C@H]2[C@@H](/C=C/c3cccc(C(F)(F)F)c3)C=CC[C@H]21. The van der Waals surface area contributed by atoms with Crippen molar-refractivity contribution >= 4 is 17.6 Å². The minimum atomic E-state index is -4.38. The van der Waals surface area contributed by atoms with Crippen LogP contribution in [0.3, 0.4) is 0 Å². The molecule has 3 atom stereocenters. The molecule has 0 bridgehead atoms. The van der Waals surface area contributed by atoms with Crippen LogP contribution in [0.2, 0.25) is 0 Å². The zero-order chi connectivity index (χ0) is 18.4. The van der Waals surface area contributed by atoms with E-state index in [4.69, 9.17) is 0 Å². The maximum absolute atomic E-state index is 12.8. The van der Waals surface area contributed by atoms with Crippen LogP contribution in [0.15, 0.2) is 42.5 Å². The Morgan fingerprint density at radius 1 is 1.20 bits per heavy atom. The molecule has 5 heteroatoms. The number of allylic oxidation sites excluding steroid dienone is 3. The summed E-state index contributed by atoms with van der Waals surface area (Å²) in [4.78, 5) is 24.2. The van der Waals surface area contributed by atoms with Crippen LogP contribution in [0.1, 0.15) is 31.4 Å². The lowest BCUT2D eigenvalue weighted by Gasteiger charge is -2.14. The predicted molar refractivity (Wildman–Crippen MR) is 88.5 cm³/mol. The van der Waals surface area contributed by atoms with Crippen molar-refractivity contribution in [3.8, 4) is 0 Å². The number of ketones is 2. The monoisotopic (exact) mass is 348 g/mol. The average molecular weight is 348 g/mol. The molecule has 0 aromatic heterocycles. The van der Waals surface area contributed by atoms with Crippen molar-refractivity contribution in [3.63, 3.8) is 0 Å². The summed E-state index contributed by atoms with van der Waals surface area (Å²) in [7, 11) is 0. The van der Waals surface area contributed by atoms with Crippen LogP contribution in [-0.4, -0.2) is 11.6 Å². The van der Waals surface area contributed by atoms with Gasteiger partial charge in [-0.15, -0.1) is 0 Å². The van der Waals surface area contributed by atoms with Gasteiger partial charge in [-0.2, -0.15) is 13.2 Å². The first-order valence-electron chi connectivity index (χ1n) is 8.23. The van der Waals surface area contributed by atoms with Crippen molar-refractivity contribution in [2.24, 2.45) is 23.2 Å². The van der Waals surface area contributed by atoms with Crippen LogP contribution in [0.25, 0.3) is 6.08 Å². The van der Waals surface area contributed by atoms with E-state index in [0.29, 0.717) is 12.0 Å². The first-order chi connectivity index (χ1) is 11.7. The molecular weight excluding hydrogens is 329 g/mol. The minimum Gasteiger partial charge on any atom is -0.299 e. The summed E-state index contributed by atoms with van der Waals surface area (Å²) in [5, 5.41) is 0. The Labute approximate surface area is 144 Å². The lowest BCUT2D eigenvalue weighted by atomic mass is 9.88. The number of alkyl halides is 3. The summed E-state index contributed by atoms with van der Waals surface area (Å²) < 4.78 is 38.4. The normalized spacial score (nSPS) is 27.2. The quantitative estimate of drug-likeness (QED) is 0.584. The molecule has 2 nitrogen and oxygen atoms in total. The van der Waals surface area contributed by atoms with Crippen LogP contribution >= 0.6 is 0 Å². The largest absolute Gasteiger partial charge is 0.416 e. The Morgan fingerprint density at radius 3 is 2.48 bits per heavy atom. The molecule has 0 amide bonds.